The SMILES string of the molecule is CC(=O)N1CCN(c2ccc3nc(C)cc(NC(C)c4cc([N+](=O)[O-])cc(C(F)(F)F)c4)c3c2)CC1. The van der Waals surface area contributed by atoms with Gasteiger partial charge in [0.05, 0.1) is 16.0 Å². The Morgan fingerprint density at radius 1 is 1.11 bits per heavy atom. The fourth-order valence-electron chi connectivity index (χ4n) is 4.41. The van der Waals surface area contributed by atoms with Crippen molar-refractivity contribution >= 4 is 33.9 Å². The zero-order valence-electron chi connectivity index (χ0n) is 20.1. The lowest BCUT2D eigenvalue weighted by atomic mass is 10.0. The Labute approximate surface area is 205 Å². The molecule has 1 amide bonds. The van der Waals surface area contributed by atoms with E-state index in [4.69, 9.17) is 0 Å². The Morgan fingerprint density at radius 3 is 2.42 bits per heavy atom. The molecule has 1 atom stereocenters. The molecule has 2 aromatic carbocycles. The number of hydrogen-bond donors (Lipinski definition) is 1. The third kappa shape index (κ3) is 5.34. The summed E-state index contributed by atoms with van der Waals surface area (Å²) in [6.07, 6.45) is -4.71. The van der Waals surface area contributed by atoms with Crippen molar-refractivity contribution in [1.29, 1.82) is 0 Å². The molecule has 1 unspecified atom stereocenters. The number of aromatic nitrogens is 1. The molecule has 2 heterocycles. The molecule has 1 N–H and O–H groups in total. The van der Waals surface area contributed by atoms with E-state index >= 15 is 0 Å². The van der Waals surface area contributed by atoms with Gasteiger partial charge in [0, 0.05) is 73.7 Å². The molecule has 4 rings (SSSR count). The van der Waals surface area contributed by atoms with Gasteiger partial charge in [-0.05, 0) is 49.7 Å². The average molecular weight is 502 g/mol. The van der Waals surface area contributed by atoms with Gasteiger partial charge in [0.15, 0.2) is 0 Å². The van der Waals surface area contributed by atoms with E-state index in [1.54, 1.807) is 24.8 Å². The van der Waals surface area contributed by atoms with Crippen LogP contribution < -0.4 is 10.2 Å². The lowest BCUT2D eigenvalue weighted by molar-refractivity contribution is -0.385. The van der Waals surface area contributed by atoms with E-state index in [-0.39, 0.29) is 11.5 Å². The number of carbonyl (C=O) groups excluding carboxylic acids is 1. The largest absolute Gasteiger partial charge is 0.416 e. The summed E-state index contributed by atoms with van der Waals surface area (Å²) in [5.41, 5.74) is 1.51. The Hall–Kier alpha value is -3.89. The van der Waals surface area contributed by atoms with Crippen LogP contribution in [0.5, 0.6) is 0 Å². The van der Waals surface area contributed by atoms with Gasteiger partial charge in [0.2, 0.25) is 5.91 Å². The zero-order valence-corrected chi connectivity index (χ0v) is 20.1. The number of aryl methyl sites for hydroxylation is 1. The summed E-state index contributed by atoms with van der Waals surface area (Å²) in [4.78, 5) is 30.6. The number of rotatable bonds is 5. The molecule has 8 nitrogen and oxygen atoms in total. The van der Waals surface area contributed by atoms with Gasteiger partial charge >= 0.3 is 6.18 Å². The molecule has 1 aliphatic rings. The highest BCUT2D eigenvalue weighted by molar-refractivity contribution is 5.94. The normalized spacial score (nSPS) is 15.2. The summed E-state index contributed by atoms with van der Waals surface area (Å²) in [5.74, 6) is 0.0446. The van der Waals surface area contributed by atoms with Crippen LogP contribution in [0.1, 0.15) is 36.7 Å². The summed E-state index contributed by atoms with van der Waals surface area (Å²) < 4.78 is 40.1. The van der Waals surface area contributed by atoms with E-state index < -0.39 is 28.4 Å². The average Bonchev–Trinajstić information content (AvgIpc) is 2.83. The third-order valence-corrected chi connectivity index (χ3v) is 6.36. The number of benzene rings is 2. The first kappa shape index (κ1) is 25.2. The molecule has 1 aliphatic heterocycles. The fraction of sp³-hybridized carbons (Fsp3) is 0.360. The number of nitrogens with zero attached hydrogens (tertiary/aromatic N) is 4. The summed E-state index contributed by atoms with van der Waals surface area (Å²) in [5, 5.41) is 15.3. The maximum absolute atomic E-state index is 13.4. The van der Waals surface area contributed by atoms with E-state index in [1.807, 2.05) is 25.1 Å². The number of anilines is 2. The van der Waals surface area contributed by atoms with Crippen LogP contribution in [0.15, 0.2) is 42.5 Å². The highest BCUT2D eigenvalue weighted by atomic mass is 19.4. The molecule has 1 saturated heterocycles. The van der Waals surface area contributed by atoms with Gasteiger partial charge in [0.1, 0.15) is 0 Å². The van der Waals surface area contributed by atoms with E-state index in [2.05, 4.69) is 15.2 Å². The molecule has 3 aromatic rings. The van der Waals surface area contributed by atoms with Crippen LogP contribution in [0, 0.1) is 17.0 Å². The molecule has 0 spiro atoms. The lowest BCUT2D eigenvalue weighted by Crippen LogP contribution is -2.48. The van der Waals surface area contributed by atoms with E-state index in [9.17, 15) is 28.1 Å². The van der Waals surface area contributed by atoms with Crippen LogP contribution in [-0.2, 0) is 11.0 Å². The second-order valence-electron chi connectivity index (χ2n) is 8.94. The van der Waals surface area contributed by atoms with Crippen molar-refractivity contribution in [1.82, 2.24) is 9.88 Å². The van der Waals surface area contributed by atoms with Gasteiger partial charge in [-0.25, -0.2) is 0 Å². The van der Waals surface area contributed by atoms with Crippen LogP contribution in [-0.4, -0.2) is 46.9 Å². The molecule has 36 heavy (non-hydrogen) atoms. The smallest absolute Gasteiger partial charge is 0.378 e. The number of pyridine rings is 1. The lowest BCUT2D eigenvalue weighted by Gasteiger charge is -2.35. The van der Waals surface area contributed by atoms with Crippen molar-refractivity contribution in [3.63, 3.8) is 0 Å². The van der Waals surface area contributed by atoms with Gasteiger partial charge in [-0.1, -0.05) is 0 Å². The number of nitro benzene ring substituents is 1. The zero-order chi connectivity index (χ0) is 26.2. The third-order valence-electron chi connectivity index (χ3n) is 6.36. The number of amides is 1. The molecule has 0 bridgehead atoms. The summed E-state index contributed by atoms with van der Waals surface area (Å²) in [6.45, 7) is 7.63. The number of nitrogens with one attached hydrogen (secondary N) is 1. The summed E-state index contributed by atoms with van der Waals surface area (Å²) in [7, 11) is 0. The standard InChI is InChI=1S/C25H26F3N5O3/c1-15-10-24(30-16(2)18-11-19(25(26,27)28)13-21(12-18)33(35)36)22-14-20(4-5-23(22)29-15)32-8-6-31(7-9-32)17(3)34/h4-5,10-14,16H,6-9H2,1-3H3,(H,29,30). The van der Waals surface area contributed by atoms with Crippen LogP contribution >= 0.6 is 0 Å². The van der Waals surface area contributed by atoms with Gasteiger partial charge in [-0.2, -0.15) is 13.2 Å². The van der Waals surface area contributed by atoms with Gasteiger partial charge < -0.3 is 15.1 Å². The molecule has 0 saturated carbocycles. The molecule has 11 heteroatoms. The minimum atomic E-state index is -4.71. The van der Waals surface area contributed by atoms with Crippen molar-refractivity contribution in [2.45, 2.75) is 33.0 Å². The molecular formula is C25H26F3N5O3. The minimum Gasteiger partial charge on any atom is -0.378 e. The Balaban J connectivity index is 1.67. The van der Waals surface area contributed by atoms with E-state index in [0.29, 0.717) is 43.4 Å². The number of fused-ring (bicyclic) bond motifs is 1. The van der Waals surface area contributed by atoms with Crippen molar-refractivity contribution in [3.8, 4) is 0 Å². The second-order valence-corrected chi connectivity index (χ2v) is 8.94. The second kappa shape index (κ2) is 9.63. The first-order chi connectivity index (χ1) is 16.9. The Morgan fingerprint density at radius 2 is 1.81 bits per heavy atom. The van der Waals surface area contributed by atoms with Crippen LogP contribution in [0.4, 0.5) is 30.2 Å². The predicted octanol–water partition coefficient (Wildman–Crippen LogP) is 5.31. The van der Waals surface area contributed by atoms with Crippen molar-refractivity contribution < 1.29 is 22.9 Å². The molecular weight excluding hydrogens is 475 g/mol. The van der Waals surface area contributed by atoms with Gasteiger partial charge in [0.25, 0.3) is 5.69 Å². The maximum atomic E-state index is 13.4. The predicted molar refractivity (Wildman–Crippen MR) is 131 cm³/mol. The van der Waals surface area contributed by atoms with Gasteiger partial charge in [-0.15, -0.1) is 0 Å². The highest BCUT2D eigenvalue weighted by Crippen LogP contribution is 2.36. The molecule has 1 fully saturated rings. The number of halogens is 3. The number of alkyl halides is 3. The first-order valence-electron chi connectivity index (χ1n) is 11.5. The topological polar surface area (TPSA) is 91.6 Å². The highest BCUT2D eigenvalue weighted by Gasteiger charge is 2.33. The summed E-state index contributed by atoms with van der Waals surface area (Å²) >= 11 is 0. The Kier molecular flexibility index (Phi) is 6.75. The van der Waals surface area contributed by atoms with Gasteiger partial charge in [-0.3, -0.25) is 19.9 Å². The van der Waals surface area contributed by atoms with Crippen LogP contribution in [0.2, 0.25) is 0 Å². The van der Waals surface area contributed by atoms with Crippen LogP contribution in [0.25, 0.3) is 10.9 Å². The minimum absolute atomic E-state index is 0.0446. The number of hydrogen-bond acceptors (Lipinski definition) is 6. The van der Waals surface area contributed by atoms with Crippen molar-refractivity contribution in [3.05, 3.63) is 69.4 Å². The molecule has 1 aromatic heterocycles. The molecule has 190 valence electrons. The van der Waals surface area contributed by atoms with Crippen molar-refractivity contribution in [2.24, 2.45) is 0 Å². The van der Waals surface area contributed by atoms with E-state index in [1.165, 1.54) is 0 Å². The quantitative estimate of drug-likeness (QED) is 0.376. The van der Waals surface area contributed by atoms with Crippen LogP contribution in [0.3, 0.4) is 0 Å². The number of carbonyl (C=O) groups is 1. The fourth-order valence-corrected chi connectivity index (χ4v) is 4.41. The number of piperazine rings is 1. The number of nitro groups is 1. The summed E-state index contributed by atoms with van der Waals surface area (Å²) in [6, 6.07) is 9.60. The van der Waals surface area contributed by atoms with E-state index in [0.717, 1.165) is 28.9 Å². The molecule has 0 radical (unpaired) electrons. The number of non-ortho nitro benzene ring substituents is 1. The first-order valence-corrected chi connectivity index (χ1v) is 11.5. The Bertz CT molecular complexity index is 1320. The van der Waals surface area contributed by atoms with Crippen molar-refractivity contribution in [2.75, 3.05) is 36.4 Å². The molecule has 0 aliphatic carbocycles. The maximum Gasteiger partial charge on any atom is 0.416 e. The monoisotopic (exact) mass is 501 g/mol.